The van der Waals surface area contributed by atoms with Crippen molar-refractivity contribution in [1.29, 1.82) is 0 Å². The highest BCUT2D eigenvalue weighted by molar-refractivity contribution is 6.01. The monoisotopic (exact) mass is 1980 g/mol. The molecule has 2 heterocycles. The predicted molar refractivity (Wildman–Crippen MR) is 489 cm³/mol. The first kappa shape index (κ1) is 121. The van der Waals surface area contributed by atoms with Crippen molar-refractivity contribution < 1.29 is 134 Å². The van der Waals surface area contributed by atoms with Gasteiger partial charge in [0.15, 0.2) is 0 Å². The minimum atomic E-state index is -5.08. The van der Waals surface area contributed by atoms with E-state index in [4.69, 9.17) is 27.1 Å². The number of aromatic nitrogens is 4. The number of amides is 19. The maximum atomic E-state index is 14.4. The second-order valence-electron chi connectivity index (χ2n) is 35.7. The average Bonchev–Trinajstić information content (AvgIpc) is 1.59. The molecule has 0 aliphatic carbocycles. The lowest BCUT2D eigenvalue weighted by atomic mass is 9.96. The Kier molecular flexibility index (Phi) is 52.2. The molecule has 19 amide bonds. The zero-order valence-corrected chi connectivity index (χ0v) is 80.5. The number of primary amides is 2. The predicted octanol–water partition coefficient (Wildman–Crippen LogP) is -5.09. The van der Waals surface area contributed by atoms with Crippen LogP contribution in [0.25, 0.3) is 0 Å². The second kappa shape index (κ2) is 59.9. The number of hydrogen-bond donors (Lipinski definition) is 26. The second-order valence-corrected chi connectivity index (χ2v) is 35.7. The molecular formula is C87H137F3N24O25. The van der Waals surface area contributed by atoms with E-state index in [1.165, 1.54) is 77.0 Å². The number of aromatic hydroxyl groups is 1. The Bertz CT molecular complexity index is 4640. The van der Waals surface area contributed by atoms with Crippen molar-refractivity contribution in [3.05, 3.63) is 66.3 Å². The van der Waals surface area contributed by atoms with Gasteiger partial charge in [0.25, 0.3) is 0 Å². The number of H-pyrrole nitrogens is 2. The smallest absolute Gasteiger partial charge is 0.490 e. The first-order valence-corrected chi connectivity index (χ1v) is 45.0. The quantitative estimate of drug-likeness (QED) is 0.0251. The number of aliphatic hydroxyl groups excluding tert-OH is 1. The van der Waals surface area contributed by atoms with Gasteiger partial charge < -0.3 is 138 Å². The summed E-state index contributed by atoms with van der Waals surface area (Å²) >= 11 is 0. The number of nitrogens with two attached hydrogens (primary N) is 3. The van der Waals surface area contributed by atoms with Crippen molar-refractivity contribution in [2.45, 2.75) is 291 Å². The van der Waals surface area contributed by atoms with Crippen molar-refractivity contribution in [2.75, 3.05) is 19.6 Å². The van der Waals surface area contributed by atoms with E-state index in [0.717, 1.165) is 0 Å². The summed E-state index contributed by atoms with van der Waals surface area (Å²) in [5.41, 5.74) is 18.2. The van der Waals surface area contributed by atoms with Crippen molar-refractivity contribution in [2.24, 2.45) is 52.7 Å². The van der Waals surface area contributed by atoms with Gasteiger partial charge in [-0.2, -0.15) is 13.2 Å². The van der Waals surface area contributed by atoms with Crippen LogP contribution >= 0.6 is 0 Å². The van der Waals surface area contributed by atoms with E-state index in [0.29, 0.717) is 17.7 Å². The summed E-state index contributed by atoms with van der Waals surface area (Å²) < 4.78 is 31.7. The van der Waals surface area contributed by atoms with Gasteiger partial charge in [-0.1, -0.05) is 102 Å². The van der Waals surface area contributed by atoms with Crippen LogP contribution in [0.15, 0.2) is 49.3 Å². The molecule has 29 N–H and O–H groups in total. The van der Waals surface area contributed by atoms with E-state index < -0.39 is 272 Å². The topological polar surface area (TPSA) is 779 Å². The van der Waals surface area contributed by atoms with E-state index in [1.54, 1.807) is 69.2 Å². The number of aliphatic hydroxyl groups is 1. The molecule has 776 valence electrons. The Hall–Kier alpha value is -14.0. The summed E-state index contributed by atoms with van der Waals surface area (Å²) in [5, 5.41) is 79.2. The molecule has 52 heteroatoms. The van der Waals surface area contributed by atoms with Gasteiger partial charge >= 0.3 is 18.1 Å². The molecule has 0 saturated heterocycles. The Morgan fingerprint density at radius 2 is 0.734 bits per heavy atom. The number of carboxylic acid groups (broad SMARTS) is 2. The number of imidazole rings is 2. The van der Waals surface area contributed by atoms with Gasteiger partial charge in [-0.3, -0.25) is 95.9 Å². The highest BCUT2D eigenvalue weighted by Crippen LogP contribution is 2.19. The van der Waals surface area contributed by atoms with Gasteiger partial charge in [0.05, 0.1) is 50.9 Å². The Balaban J connectivity index is 0.00000895. The molecule has 0 bridgehead atoms. The van der Waals surface area contributed by atoms with Gasteiger partial charge in [-0.05, 0) is 119 Å². The number of aromatic amines is 2. The number of nitrogens with one attached hydrogen (secondary N) is 19. The largest absolute Gasteiger partial charge is 0.508 e. The zero-order valence-electron chi connectivity index (χ0n) is 80.5. The molecule has 49 nitrogen and oxygen atoms in total. The van der Waals surface area contributed by atoms with Gasteiger partial charge in [-0.15, -0.1) is 0 Å². The lowest BCUT2D eigenvalue weighted by molar-refractivity contribution is -0.192. The van der Waals surface area contributed by atoms with Crippen LogP contribution in [0, 0.1) is 35.5 Å². The summed E-state index contributed by atoms with van der Waals surface area (Å²) in [6, 6.07) is -15.6. The normalized spacial score (nSPS) is 14.9. The number of aliphatic carboxylic acids is 2. The third-order valence-electron chi connectivity index (χ3n) is 20.7. The number of carboxylic acids is 2. The fourth-order valence-corrected chi connectivity index (χ4v) is 13.2. The van der Waals surface area contributed by atoms with Crippen LogP contribution in [0.2, 0.25) is 0 Å². The van der Waals surface area contributed by atoms with E-state index >= 15 is 0 Å². The molecule has 0 unspecified atom stereocenters. The fraction of sp³-hybridized carbons (Fsp3) is 0.621. The van der Waals surface area contributed by atoms with Crippen molar-refractivity contribution in [1.82, 2.24) is 110 Å². The van der Waals surface area contributed by atoms with Crippen LogP contribution < -0.4 is 108 Å². The summed E-state index contributed by atoms with van der Waals surface area (Å²) in [5.74, 6) is -23.5. The number of hydrogen-bond acceptors (Lipinski definition) is 26. The Labute approximate surface area is 800 Å². The standard InChI is InChI=1S/C85H136N24O23.C2HF3O2/c1-17-45(12)69(84(131)107-59(28-44(10)11)83(130)109-70(49(16)110)85(132)101-56(71(88)118)25-41(4)5)108-67(115)37-92-73(120)47(14)97-74(121)48(15)98-78(125)62(31-52-34-90-39-95-52)106-82(129)63(32-64(87)112)99-66(114)36-91-72(119)46(13)96-65(113)35-93-76(123)61(30-51-33-89-38-94-51)105-80(127)58(27-43(8)9)104-79(126)57(26-42(6)7)103-77(124)55(22-23-68(116)117)100-81(128)60(29-50-18-20-53(111)21-19-50)102-75(122)54(86)24-40(2)3;3-2(4,5)1(6)7/h18-21,33-34,38-49,54-63,69-70,110-111H,17,22-32,35-37,86H2,1-16H3,(H2,87,112)(H2,88,118)(H,89,94)(H,90,95)(H,91,119)(H,92,120)(H,93,123)(H,96,113)(H,97,121)(H,98,125)(H,99,114)(H,100,128)(H,101,132)(H,102,122)(H,103,124)(H,104,126)(H,105,127)(H,106,129)(H,107,131)(H,108,115)(H,109,130)(H,116,117);(H,6,7)/t45-,46-,47-,48-,49+,54-,55-,56-,57-,58-,59-,60-,61-,62-,63-,69-,70-;/m0./s1. The molecule has 0 saturated carbocycles. The fourth-order valence-electron chi connectivity index (χ4n) is 13.2. The third kappa shape index (κ3) is 47.1. The molecule has 2 aromatic heterocycles. The van der Waals surface area contributed by atoms with Gasteiger partial charge in [0, 0.05) is 49.5 Å². The molecule has 3 rings (SSSR count). The SMILES string of the molecule is CC[C@H](C)[C@H](NC(=O)CNC(=O)[C@H](C)NC(=O)[C@H](C)NC(=O)[C@H](Cc1cnc[nH]1)NC(=O)[C@H](CC(N)=O)NC(=O)CNC(=O)[C@H](C)NC(=O)CNC(=O)[C@H](Cc1cnc[nH]1)NC(=O)[C@H](CC(C)C)NC(=O)[C@H](CC(C)C)NC(=O)[C@H](CCC(=O)O)NC(=O)[C@H](Cc1ccc(O)cc1)NC(=O)[C@@H](N)CC(C)C)C(=O)N[C@@H](CC(C)C)C(=O)N[C@H](C(=O)N[C@@H](CC(C)C)C(N)=O)[C@@H](C)O.O=C(O)C(F)(F)F. The molecule has 1 aromatic carbocycles. The Morgan fingerprint density at radius 1 is 0.388 bits per heavy atom. The number of halogens is 3. The van der Waals surface area contributed by atoms with Crippen LogP contribution in [-0.4, -0.2) is 287 Å². The van der Waals surface area contributed by atoms with Crippen LogP contribution in [0.1, 0.15) is 186 Å². The number of phenolic OH excluding ortho intramolecular Hbond substituents is 1. The molecular weight excluding hydrogens is 1840 g/mol. The van der Waals surface area contributed by atoms with Gasteiger partial charge in [0.1, 0.15) is 90.3 Å². The maximum Gasteiger partial charge on any atom is 0.490 e. The first-order valence-electron chi connectivity index (χ1n) is 45.0. The number of carbonyl (C=O) groups excluding carboxylic acids is 19. The third-order valence-corrected chi connectivity index (χ3v) is 20.7. The number of nitrogens with zero attached hydrogens (tertiary/aromatic N) is 2. The number of rotatable bonds is 59. The summed E-state index contributed by atoms with van der Waals surface area (Å²) in [4.78, 5) is 293. The molecule has 0 aliphatic heterocycles. The average molecular weight is 1980 g/mol. The lowest BCUT2D eigenvalue weighted by Crippen LogP contribution is -2.61. The van der Waals surface area contributed by atoms with Crippen molar-refractivity contribution >= 4 is 124 Å². The van der Waals surface area contributed by atoms with Crippen LogP contribution in [0.4, 0.5) is 13.2 Å². The molecule has 139 heavy (non-hydrogen) atoms. The van der Waals surface area contributed by atoms with E-state index in [1.807, 2.05) is 13.8 Å². The first-order chi connectivity index (χ1) is 64.7. The highest BCUT2D eigenvalue weighted by Gasteiger charge is 2.41. The zero-order chi connectivity index (χ0) is 106. The number of benzene rings is 1. The van der Waals surface area contributed by atoms with Gasteiger partial charge in [0.2, 0.25) is 112 Å². The van der Waals surface area contributed by atoms with Crippen LogP contribution in [0.3, 0.4) is 0 Å². The van der Waals surface area contributed by atoms with Crippen LogP contribution in [-0.2, 0) is 120 Å². The van der Waals surface area contributed by atoms with E-state index in [9.17, 15) is 124 Å². The Morgan fingerprint density at radius 3 is 1.16 bits per heavy atom. The minimum Gasteiger partial charge on any atom is -0.508 e. The maximum absolute atomic E-state index is 14.4. The summed E-state index contributed by atoms with van der Waals surface area (Å²) in [7, 11) is 0. The van der Waals surface area contributed by atoms with Crippen molar-refractivity contribution in [3.8, 4) is 5.75 Å². The van der Waals surface area contributed by atoms with E-state index in [-0.39, 0.29) is 92.4 Å². The minimum absolute atomic E-state index is 0.00575. The number of alkyl halides is 3. The molecule has 0 spiro atoms. The highest BCUT2D eigenvalue weighted by atomic mass is 19.4. The molecule has 3 aromatic rings. The number of carbonyl (C=O) groups is 21. The number of phenols is 1. The molecule has 0 radical (unpaired) electrons. The molecule has 0 aliphatic rings. The van der Waals surface area contributed by atoms with E-state index in [2.05, 4.69) is 110 Å². The molecule has 0 fully saturated rings. The summed E-state index contributed by atoms with van der Waals surface area (Å²) in [6.45, 7) is 23.6. The van der Waals surface area contributed by atoms with Gasteiger partial charge in [-0.25, -0.2) is 14.8 Å². The molecule has 17 atom stereocenters. The van der Waals surface area contributed by atoms with Crippen LogP contribution in [0.5, 0.6) is 5.75 Å². The lowest BCUT2D eigenvalue weighted by Gasteiger charge is -2.29. The summed E-state index contributed by atoms with van der Waals surface area (Å²) in [6.07, 6.45) is -3.43. The van der Waals surface area contributed by atoms with Crippen molar-refractivity contribution in [3.63, 3.8) is 0 Å².